The van der Waals surface area contributed by atoms with Crippen molar-refractivity contribution in [3.05, 3.63) is 93.6 Å². The van der Waals surface area contributed by atoms with Gasteiger partial charge < -0.3 is 9.47 Å². The molecule has 1 amide bonds. The maximum absolute atomic E-state index is 13.4. The number of amides is 1. The second-order valence-corrected chi connectivity index (χ2v) is 7.98. The molecule has 0 bridgehead atoms. The molecule has 148 valence electrons. The highest BCUT2D eigenvalue weighted by atomic mass is 79.9. The van der Waals surface area contributed by atoms with Crippen LogP contribution in [-0.4, -0.2) is 18.5 Å². The quantitative estimate of drug-likeness (QED) is 0.496. The zero-order valence-corrected chi connectivity index (χ0v) is 17.7. The lowest BCUT2D eigenvalue weighted by Gasteiger charge is -2.18. The number of halogens is 1. The highest BCUT2D eigenvalue weighted by Crippen LogP contribution is 2.34. The number of hydrogen-bond donors (Lipinski definition) is 0. The van der Waals surface area contributed by atoms with Crippen LogP contribution in [-0.2, 0) is 4.79 Å². The molecule has 5 rings (SSSR count). The van der Waals surface area contributed by atoms with E-state index in [0.29, 0.717) is 23.0 Å². The Bertz CT molecular complexity index is 1200. The molecule has 0 saturated heterocycles. The fraction of sp³-hybridized carbons (Fsp3) is 0.0833. The van der Waals surface area contributed by atoms with Gasteiger partial charge in [0.1, 0.15) is 11.5 Å². The Kier molecular flexibility index (Phi) is 4.64. The smallest absolute Gasteiger partial charge is 0.282 e. The monoisotopic (exact) mass is 460 g/mol. The third-order valence-electron chi connectivity index (χ3n) is 4.95. The minimum atomic E-state index is -0.175. The van der Waals surface area contributed by atoms with Crippen molar-refractivity contribution in [3.63, 3.8) is 0 Å². The number of nitrogens with zero attached hydrogens (tertiary/aromatic N) is 2. The minimum Gasteiger partial charge on any atom is -0.454 e. The fourth-order valence-electron chi connectivity index (χ4n) is 3.40. The van der Waals surface area contributed by atoms with Crippen LogP contribution in [0.4, 0.5) is 5.69 Å². The highest BCUT2D eigenvalue weighted by Gasteiger charge is 2.32. The number of anilines is 1. The molecular weight excluding hydrogens is 444 g/mol. The minimum absolute atomic E-state index is 0.175. The van der Waals surface area contributed by atoms with Gasteiger partial charge in [0.25, 0.3) is 5.91 Å². The summed E-state index contributed by atoms with van der Waals surface area (Å²) in [4.78, 5) is 19.7. The number of rotatable bonds is 3. The van der Waals surface area contributed by atoms with E-state index < -0.39 is 0 Å². The normalized spacial score (nSPS) is 16.3. The summed E-state index contributed by atoms with van der Waals surface area (Å²) in [6.45, 7) is 2.24. The highest BCUT2D eigenvalue weighted by molar-refractivity contribution is 9.10. The van der Waals surface area contributed by atoms with Gasteiger partial charge in [0.2, 0.25) is 6.79 Å². The van der Waals surface area contributed by atoms with E-state index in [-0.39, 0.29) is 12.7 Å². The molecule has 0 aliphatic carbocycles. The Hall–Kier alpha value is -3.38. The van der Waals surface area contributed by atoms with Crippen molar-refractivity contribution in [2.75, 3.05) is 11.7 Å². The molecule has 6 heteroatoms. The number of carbonyl (C=O) groups is 1. The van der Waals surface area contributed by atoms with Gasteiger partial charge in [-0.2, -0.15) is 0 Å². The number of hydrogen-bond acceptors (Lipinski definition) is 4. The van der Waals surface area contributed by atoms with Crippen molar-refractivity contribution in [3.8, 4) is 11.5 Å². The van der Waals surface area contributed by atoms with E-state index in [4.69, 9.17) is 14.5 Å². The van der Waals surface area contributed by atoms with Crippen molar-refractivity contribution in [1.29, 1.82) is 0 Å². The molecule has 2 heterocycles. The third kappa shape index (κ3) is 3.39. The van der Waals surface area contributed by atoms with Gasteiger partial charge in [-0.3, -0.25) is 9.69 Å². The SMILES string of the molecule is Cc1ccc(C2=N/C(=C/c3ccc4c(c3)OCO4)C(=O)N2c2ccc(Br)cc2)cc1. The first-order valence-corrected chi connectivity index (χ1v) is 10.2. The van der Waals surface area contributed by atoms with E-state index in [2.05, 4.69) is 15.9 Å². The van der Waals surface area contributed by atoms with Gasteiger partial charge in [-0.1, -0.05) is 51.8 Å². The molecule has 0 fully saturated rings. The number of aryl methyl sites for hydroxylation is 1. The van der Waals surface area contributed by atoms with Crippen LogP contribution in [0.1, 0.15) is 16.7 Å². The lowest BCUT2D eigenvalue weighted by Crippen LogP contribution is -2.32. The van der Waals surface area contributed by atoms with Gasteiger partial charge >= 0.3 is 0 Å². The van der Waals surface area contributed by atoms with Gasteiger partial charge in [0.15, 0.2) is 11.5 Å². The van der Waals surface area contributed by atoms with Crippen molar-refractivity contribution < 1.29 is 14.3 Å². The predicted octanol–water partition coefficient (Wildman–Crippen LogP) is 5.32. The number of carbonyl (C=O) groups excluding carboxylic acids is 1. The molecule has 0 radical (unpaired) electrons. The summed E-state index contributed by atoms with van der Waals surface area (Å²) < 4.78 is 11.8. The summed E-state index contributed by atoms with van der Waals surface area (Å²) in [6.07, 6.45) is 1.78. The standard InChI is InChI=1S/C24H17BrN2O3/c1-15-2-5-17(6-3-15)23-26-20(12-16-4-11-21-22(13-16)30-14-29-21)24(28)27(23)19-9-7-18(25)8-10-19/h2-13H,14H2,1H3/b20-12+. The summed E-state index contributed by atoms with van der Waals surface area (Å²) in [5.74, 6) is 1.80. The second-order valence-electron chi connectivity index (χ2n) is 7.06. The second kappa shape index (κ2) is 7.46. The number of ether oxygens (including phenoxy) is 2. The molecule has 30 heavy (non-hydrogen) atoms. The summed E-state index contributed by atoms with van der Waals surface area (Å²) in [7, 11) is 0. The van der Waals surface area contributed by atoms with Gasteiger partial charge in [0, 0.05) is 10.0 Å². The number of fused-ring (bicyclic) bond motifs is 1. The van der Waals surface area contributed by atoms with Crippen LogP contribution in [0.5, 0.6) is 11.5 Å². The molecule has 3 aromatic carbocycles. The Morgan fingerprint density at radius 1 is 0.967 bits per heavy atom. The lowest BCUT2D eigenvalue weighted by molar-refractivity contribution is -0.113. The van der Waals surface area contributed by atoms with E-state index in [9.17, 15) is 4.79 Å². The van der Waals surface area contributed by atoms with Crippen LogP contribution in [0.25, 0.3) is 6.08 Å². The van der Waals surface area contributed by atoms with Gasteiger partial charge in [-0.25, -0.2) is 4.99 Å². The van der Waals surface area contributed by atoms with Crippen molar-refractivity contribution in [1.82, 2.24) is 0 Å². The number of benzene rings is 3. The first-order valence-electron chi connectivity index (χ1n) is 9.45. The molecule has 2 aliphatic heterocycles. The predicted molar refractivity (Wildman–Crippen MR) is 120 cm³/mol. The Morgan fingerprint density at radius 2 is 1.70 bits per heavy atom. The molecule has 0 saturated carbocycles. The first kappa shape index (κ1) is 18.6. The van der Waals surface area contributed by atoms with Crippen LogP contribution in [0.3, 0.4) is 0 Å². The topological polar surface area (TPSA) is 51.1 Å². The lowest BCUT2D eigenvalue weighted by atomic mass is 10.1. The van der Waals surface area contributed by atoms with Crippen LogP contribution >= 0.6 is 15.9 Å². The average molecular weight is 461 g/mol. The largest absolute Gasteiger partial charge is 0.454 e. The molecule has 0 spiro atoms. The van der Waals surface area contributed by atoms with Gasteiger partial charge in [-0.05, 0) is 55.0 Å². The molecule has 2 aliphatic rings. The molecule has 0 N–H and O–H groups in total. The van der Waals surface area contributed by atoms with Crippen LogP contribution < -0.4 is 14.4 Å². The van der Waals surface area contributed by atoms with E-state index in [1.807, 2.05) is 73.7 Å². The van der Waals surface area contributed by atoms with Crippen LogP contribution in [0, 0.1) is 6.92 Å². The molecular formula is C24H17BrN2O3. The van der Waals surface area contributed by atoms with E-state index in [1.54, 1.807) is 11.0 Å². The maximum atomic E-state index is 13.4. The van der Waals surface area contributed by atoms with Gasteiger partial charge in [0.05, 0.1) is 5.69 Å². The van der Waals surface area contributed by atoms with E-state index in [1.165, 1.54) is 0 Å². The van der Waals surface area contributed by atoms with Crippen LogP contribution in [0.15, 0.2) is 81.9 Å². The summed E-state index contributed by atoms with van der Waals surface area (Å²) >= 11 is 3.45. The summed E-state index contributed by atoms with van der Waals surface area (Å²) in [5.41, 5.74) is 3.98. The summed E-state index contributed by atoms with van der Waals surface area (Å²) in [6, 6.07) is 21.2. The third-order valence-corrected chi connectivity index (χ3v) is 5.48. The maximum Gasteiger partial charge on any atom is 0.282 e. The van der Waals surface area contributed by atoms with Crippen LogP contribution in [0.2, 0.25) is 0 Å². The molecule has 0 aromatic heterocycles. The molecule has 0 atom stereocenters. The molecule has 5 nitrogen and oxygen atoms in total. The fourth-order valence-corrected chi connectivity index (χ4v) is 3.67. The van der Waals surface area contributed by atoms with Crippen molar-refractivity contribution in [2.24, 2.45) is 4.99 Å². The van der Waals surface area contributed by atoms with Gasteiger partial charge in [-0.15, -0.1) is 0 Å². The summed E-state index contributed by atoms with van der Waals surface area (Å²) in [5, 5.41) is 0. The zero-order valence-electron chi connectivity index (χ0n) is 16.1. The Labute approximate surface area is 182 Å². The van der Waals surface area contributed by atoms with Crippen molar-refractivity contribution in [2.45, 2.75) is 6.92 Å². The zero-order chi connectivity index (χ0) is 20.7. The Balaban J connectivity index is 1.59. The van der Waals surface area contributed by atoms with Crippen molar-refractivity contribution >= 4 is 39.4 Å². The van der Waals surface area contributed by atoms with E-state index >= 15 is 0 Å². The first-order chi connectivity index (χ1) is 14.6. The Morgan fingerprint density at radius 3 is 2.47 bits per heavy atom. The average Bonchev–Trinajstić information content (AvgIpc) is 3.34. The van der Waals surface area contributed by atoms with E-state index in [0.717, 1.165) is 26.9 Å². The molecule has 0 unspecified atom stereocenters. The number of amidine groups is 1. The number of aliphatic imine (C=N–C) groups is 1. The molecule has 3 aromatic rings.